The minimum absolute atomic E-state index is 0.223. The number of halogens is 4. The predicted molar refractivity (Wildman–Crippen MR) is 105 cm³/mol. The zero-order valence-electron chi connectivity index (χ0n) is 10.9. The van der Waals surface area contributed by atoms with E-state index in [2.05, 4.69) is 0 Å². The van der Waals surface area contributed by atoms with Gasteiger partial charge >= 0.3 is 0 Å². The number of thiocarbonyl (C=S) groups is 2. The van der Waals surface area contributed by atoms with E-state index in [1.54, 1.807) is 36.4 Å². The third-order valence-corrected chi connectivity index (χ3v) is 4.09. The lowest BCUT2D eigenvalue weighted by Crippen LogP contribution is -2.10. The summed E-state index contributed by atoms with van der Waals surface area (Å²) >= 11 is 32.6. The summed E-state index contributed by atoms with van der Waals surface area (Å²) in [6.07, 6.45) is 0. The SMILES string of the molecule is NC(=S)c1c(Cl)cccc1Cl.NC(=S)c1c(Cl)cccc1Cl. The van der Waals surface area contributed by atoms with Crippen LogP contribution in [0.3, 0.4) is 0 Å². The molecular formula is C14H10Cl4N2S2. The minimum atomic E-state index is 0.223. The van der Waals surface area contributed by atoms with E-state index >= 15 is 0 Å². The number of benzene rings is 2. The molecule has 2 aromatic carbocycles. The van der Waals surface area contributed by atoms with Crippen LogP contribution in [0.15, 0.2) is 36.4 Å². The highest BCUT2D eigenvalue weighted by Crippen LogP contribution is 2.24. The van der Waals surface area contributed by atoms with Crippen molar-refractivity contribution in [3.8, 4) is 0 Å². The number of rotatable bonds is 2. The van der Waals surface area contributed by atoms with Crippen molar-refractivity contribution < 1.29 is 0 Å². The van der Waals surface area contributed by atoms with Crippen LogP contribution in [0.5, 0.6) is 0 Å². The average molecular weight is 412 g/mol. The van der Waals surface area contributed by atoms with Crippen molar-refractivity contribution in [1.82, 2.24) is 0 Å². The fourth-order valence-corrected chi connectivity index (χ4v) is 3.33. The second-order valence-electron chi connectivity index (χ2n) is 3.92. The molecule has 116 valence electrons. The van der Waals surface area contributed by atoms with Gasteiger partial charge in [-0.1, -0.05) is 83.0 Å². The van der Waals surface area contributed by atoms with Crippen LogP contribution in [-0.2, 0) is 0 Å². The quantitative estimate of drug-likeness (QED) is 0.662. The topological polar surface area (TPSA) is 52.0 Å². The Labute approximate surface area is 159 Å². The van der Waals surface area contributed by atoms with Gasteiger partial charge in [0.1, 0.15) is 9.98 Å². The molecule has 8 heteroatoms. The molecule has 0 heterocycles. The van der Waals surface area contributed by atoms with Crippen LogP contribution < -0.4 is 11.5 Å². The Balaban J connectivity index is 0.000000220. The number of hydrogen-bond donors (Lipinski definition) is 2. The third kappa shape index (κ3) is 5.23. The molecule has 0 aromatic heterocycles. The van der Waals surface area contributed by atoms with Crippen molar-refractivity contribution >= 4 is 80.8 Å². The molecule has 4 N–H and O–H groups in total. The first-order chi connectivity index (χ1) is 10.3. The predicted octanol–water partition coefficient (Wildman–Crippen LogP) is 5.26. The Hall–Kier alpha value is -0.620. The molecule has 0 radical (unpaired) electrons. The van der Waals surface area contributed by atoms with E-state index in [9.17, 15) is 0 Å². The first-order valence-corrected chi connectivity index (χ1v) is 8.06. The Morgan fingerprint density at radius 1 is 0.636 bits per heavy atom. The second-order valence-corrected chi connectivity index (χ2v) is 6.43. The van der Waals surface area contributed by atoms with Gasteiger partial charge in [0.25, 0.3) is 0 Å². The second kappa shape index (κ2) is 8.87. The Kier molecular flexibility index (Phi) is 7.83. The lowest BCUT2D eigenvalue weighted by Gasteiger charge is -2.02. The first-order valence-electron chi connectivity index (χ1n) is 5.73. The fourth-order valence-electron chi connectivity index (χ4n) is 1.47. The molecule has 22 heavy (non-hydrogen) atoms. The smallest absolute Gasteiger partial charge is 0.107 e. The molecule has 0 bridgehead atoms. The summed E-state index contributed by atoms with van der Waals surface area (Å²) in [4.78, 5) is 0.446. The molecular weight excluding hydrogens is 402 g/mol. The maximum atomic E-state index is 5.77. The first kappa shape index (κ1) is 19.4. The van der Waals surface area contributed by atoms with Crippen LogP contribution in [0, 0.1) is 0 Å². The molecule has 0 amide bonds. The van der Waals surface area contributed by atoms with E-state index in [4.69, 9.17) is 82.3 Å². The summed E-state index contributed by atoms with van der Waals surface area (Å²) in [7, 11) is 0. The molecule has 0 aliphatic carbocycles. The summed E-state index contributed by atoms with van der Waals surface area (Å²) in [6, 6.07) is 10.3. The Bertz CT molecular complexity index is 618. The van der Waals surface area contributed by atoms with Gasteiger partial charge in [0.15, 0.2) is 0 Å². The summed E-state index contributed by atoms with van der Waals surface area (Å²) in [5.41, 5.74) is 11.9. The largest absolute Gasteiger partial charge is 0.389 e. The van der Waals surface area contributed by atoms with Crippen LogP contribution >= 0.6 is 70.8 Å². The van der Waals surface area contributed by atoms with Crippen molar-refractivity contribution in [1.29, 1.82) is 0 Å². The van der Waals surface area contributed by atoms with Gasteiger partial charge in [-0.3, -0.25) is 0 Å². The van der Waals surface area contributed by atoms with Crippen LogP contribution in [0.4, 0.5) is 0 Å². The maximum absolute atomic E-state index is 5.77. The zero-order valence-corrected chi connectivity index (χ0v) is 15.6. The zero-order chi connectivity index (χ0) is 16.9. The lowest BCUT2D eigenvalue weighted by atomic mass is 10.2. The van der Waals surface area contributed by atoms with Crippen LogP contribution in [-0.4, -0.2) is 9.98 Å². The molecule has 0 atom stereocenters. The van der Waals surface area contributed by atoms with E-state index < -0.39 is 0 Å². The molecule has 0 aliphatic heterocycles. The number of hydrogen-bond acceptors (Lipinski definition) is 2. The van der Waals surface area contributed by atoms with Crippen molar-refractivity contribution in [3.05, 3.63) is 67.6 Å². The van der Waals surface area contributed by atoms with Gasteiger partial charge < -0.3 is 11.5 Å². The molecule has 0 aliphatic rings. The maximum Gasteiger partial charge on any atom is 0.107 e. The lowest BCUT2D eigenvalue weighted by molar-refractivity contribution is 1.62. The summed E-state index contributed by atoms with van der Waals surface area (Å²) in [6.45, 7) is 0. The third-order valence-electron chi connectivity index (χ3n) is 2.42. The van der Waals surface area contributed by atoms with Gasteiger partial charge in [-0.2, -0.15) is 0 Å². The Morgan fingerprint density at radius 2 is 0.864 bits per heavy atom. The van der Waals surface area contributed by atoms with Gasteiger partial charge in [0, 0.05) is 11.1 Å². The highest BCUT2D eigenvalue weighted by molar-refractivity contribution is 7.81. The van der Waals surface area contributed by atoms with E-state index in [0.29, 0.717) is 31.2 Å². The molecule has 2 nitrogen and oxygen atoms in total. The van der Waals surface area contributed by atoms with Crippen LogP contribution in [0.2, 0.25) is 20.1 Å². The van der Waals surface area contributed by atoms with Gasteiger partial charge in [-0.25, -0.2) is 0 Å². The highest BCUT2D eigenvalue weighted by Gasteiger charge is 2.07. The summed E-state index contributed by atoms with van der Waals surface area (Å²) in [5.74, 6) is 0. The molecule has 0 spiro atoms. The van der Waals surface area contributed by atoms with Crippen LogP contribution in [0.25, 0.3) is 0 Å². The summed E-state index contributed by atoms with van der Waals surface area (Å²) < 4.78 is 0. The monoisotopic (exact) mass is 410 g/mol. The van der Waals surface area contributed by atoms with E-state index in [1.807, 2.05) is 0 Å². The highest BCUT2D eigenvalue weighted by atomic mass is 35.5. The van der Waals surface area contributed by atoms with Crippen molar-refractivity contribution in [3.63, 3.8) is 0 Å². The standard InChI is InChI=1S/2C7H5Cl2NS/c2*8-4-2-1-3-5(9)6(4)7(10)11/h2*1-3H,(H2,10,11). The average Bonchev–Trinajstić information content (AvgIpc) is 2.38. The van der Waals surface area contributed by atoms with Gasteiger partial charge in [0.05, 0.1) is 20.1 Å². The fraction of sp³-hybridized carbons (Fsp3) is 0. The van der Waals surface area contributed by atoms with Crippen molar-refractivity contribution in [2.45, 2.75) is 0 Å². The molecule has 0 saturated heterocycles. The van der Waals surface area contributed by atoms with E-state index in [0.717, 1.165) is 0 Å². The van der Waals surface area contributed by atoms with Crippen LogP contribution in [0.1, 0.15) is 11.1 Å². The molecule has 0 fully saturated rings. The van der Waals surface area contributed by atoms with E-state index in [-0.39, 0.29) is 9.98 Å². The van der Waals surface area contributed by atoms with Crippen molar-refractivity contribution in [2.75, 3.05) is 0 Å². The van der Waals surface area contributed by atoms with E-state index in [1.165, 1.54) is 0 Å². The molecule has 2 rings (SSSR count). The Morgan fingerprint density at radius 3 is 1.00 bits per heavy atom. The van der Waals surface area contributed by atoms with Gasteiger partial charge in [-0.05, 0) is 24.3 Å². The molecule has 2 aromatic rings. The summed E-state index contributed by atoms with van der Waals surface area (Å²) in [5, 5.41) is 1.96. The van der Waals surface area contributed by atoms with Crippen molar-refractivity contribution in [2.24, 2.45) is 11.5 Å². The minimum Gasteiger partial charge on any atom is -0.389 e. The molecule has 0 unspecified atom stereocenters. The van der Waals surface area contributed by atoms with Gasteiger partial charge in [-0.15, -0.1) is 0 Å². The number of nitrogens with two attached hydrogens (primary N) is 2. The molecule has 0 saturated carbocycles. The normalized spacial score (nSPS) is 9.64. The van der Waals surface area contributed by atoms with Gasteiger partial charge in [0.2, 0.25) is 0 Å².